The molecule has 2 amide bonds. The van der Waals surface area contributed by atoms with Crippen LogP contribution >= 0.6 is 23.8 Å². The molecule has 0 spiro atoms. The highest BCUT2D eigenvalue weighted by atomic mass is 35.5. The zero-order valence-corrected chi connectivity index (χ0v) is 19.8. The van der Waals surface area contributed by atoms with E-state index in [1.54, 1.807) is 78.7 Å². The van der Waals surface area contributed by atoms with Gasteiger partial charge in [0, 0.05) is 22.8 Å². The number of nitrogens with zero attached hydrogens (tertiary/aromatic N) is 2. The molecular formula is C25H21ClFN3O3S. The van der Waals surface area contributed by atoms with Gasteiger partial charge in [0.25, 0.3) is 5.91 Å². The van der Waals surface area contributed by atoms with E-state index in [9.17, 15) is 14.0 Å². The summed E-state index contributed by atoms with van der Waals surface area (Å²) in [5.74, 6) is -0.496. The summed E-state index contributed by atoms with van der Waals surface area (Å²) < 4.78 is 19.5. The van der Waals surface area contributed by atoms with Gasteiger partial charge in [-0.1, -0.05) is 29.8 Å². The lowest BCUT2D eigenvalue weighted by atomic mass is 10.1. The number of ether oxygens (including phenoxy) is 1. The number of carbonyl (C=O) groups is 2. The SMILES string of the molecule is COc1ccc(NC(=O)C[C@H]2C(=O)N(c3ccc(Cl)cc3)C(=S)N2Cc2ccccc2F)cc1. The summed E-state index contributed by atoms with van der Waals surface area (Å²) in [5, 5.41) is 3.49. The van der Waals surface area contributed by atoms with Crippen molar-refractivity contribution in [2.45, 2.75) is 19.0 Å². The number of thiocarbonyl (C=S) groups is 1. The minimum absolute atomic E-state index is 0.0435. The monoisotopic (exact) mass is 497 g/mol. The summed E-state index contributed by atoms with van der Waals surface area (Å²) in [6.07, 6.45) is -0.163. The maximum atomic E-state index is 14.4. The molecule has 1 saturated heterocycles. The number of benzene rings is 3. The third-order valence-electron chi connectivity index (χ3n) is 5.45. The standard InChI is InChI=1S/C25H21ClFN3O3S/c1-33-20-12-8-18(9-13-20)28-23(31)14-22-24(32)30(19-10-6-17(26)7-11-19)25(34)29(22)15-16-4-2-3-5-21(16)27/h2-13,22H,14-15H2,1H3,(H,28,31)/t22-/m0/s1. The number of rotatable bonds is 7. The van der Waals surface area contributed by atoms with Gasteiger partial charge in [0.05, 0.1) is 19.2 Å². The maximum Gasteiger partial charge on any atom is 0.256 e. The van der Waals surface area contributed by atoms with Crippen molar-refractivity contribution in [1.29, 1.82) is 0 Å². The Labute approximate surface area is 206 Å². The first kappa shape index (κ1) is 23.7. The fourth-order valence-electron chi connectivity index (χ4n) is 3.71. The third kappa shape index (κ3) is 5.03. The first-order chi connectivity index (χ1) is 16.4. The van der Waals surface area contributed by atoms with Gasteiger partial charge >= 0.3 is 0 Å². The second-order valence-corrected chi connectivity index (χ2v) is 8.45. The smallest absolute Gasteiger partial charge is 0.256 e. The van der Waals surface area contributed by atoms with Gasteiger partial charge in [0.15, 0.2) is 5.11 Å². The van der Waals surface area contributed by atoms with Crippen molar-refractivity contribution in [2.75, 3.05) is 17.3 Å². The molecule has 0 unspecified atom stereocenters. The number of nitrogens with one attached hydrogen (secondary N) is 1. The molecule has 3 aromatic rings. The average Bonchev–Trinajstić information content (AvgIpc) is 3.05. The Bertz CT molecular complexity index is 1220. The number of halogens is 2. The van der Waals surface area contributed by atoms with Crippen molar-refractivity contribution in [3.05, 3.63) is 89.2 Å². The van der Waals surface area contributed by atoms with E-state index in [1.165, 1.54) is 11.0 Å². The average molecular weight is 498 g/mol. The number of anilines is 2. The molecule has 6 nitrogen and oxygen atoms in total. The van der Waals surface area contributed by atoms with E-state index < -0.39 is 11.9 Å². The van der Waals surface area contributed by atoms with Gasteiger partial charge in [-0.2, -0.15) is 0 Å². The fraction of sp³-hybridized carbons (Fsp3) is 0.160. The highest BCUT2D eigenvalue weighted by molar-refractivity contribution is 7.80. The van der Waals surface area contributed by atoms with Crippen LogP contribution in [0.25, 0.3) is 0 Å². The van der Waals surface area contributed by atoms with Crippen LogP contribution < -0.4 is 15.0 Å². The number of amides is 2. The first-order valence-corrected chi connectivity index (χ1v) is 11.2. The van der Waals surface area contributed by atoms with E-state index in [4.69, 9.17) is 28.6 Å². The van der Waals surface area contributed by atoms with Crippen LogP contribution in [-0.2, 0) is 16.1 Å². The van der Waals surface area contributed by atoms with Crippen molar-refractivity contribution in [2.24, 2.45) is 0 Å². The summed E-state index contributed by atoms with van der Waals surface area (Å²) in [4.78, 5) is 29.2. The Morgan fingerprint density at radius 3 is 2.41 bits per heavy atom. The number of carbonyl (C=O) groups excluding carboxylic acids is 2. The maximum absolute atomic E-state index is 14.4. The molecule has 3 aromatic carbocycles. The molecule has 0 radical (unpaired) electrons. The largest absolute Gasteiger partial charge is 0.497 e. The third-order valence-corrected chi connectivity index (χ3v) is 6.12. The van der Waals surface area contributed by atoms with Gasteiger partial charge in [-0.3, -0.25) is 14.5 Å². The second-order valence-electron chi connectivity index (χ2n) is 7.65. The fourth-order valence-corrected chi connectivity index (χ4v) is 4.23. The van der Waals surface area contributed by atoms with E-state index >= 15 is 0 Å². The molecule has 9 heteroatoms. The number of hydrogen-bond acceptors (Lipinski definition) is 4. The zero-order chi connectivity index (χ0) is 24.2. The quantitative estimate of drug-likeness (QED) is 0.464. The molecule has 34 heavy (non-hydrogen) atoms. The van der Waals surface area contributed by atoms with Crippen LogP contribution in [0.1, 0.15) is 12.0 Å². The minimum Gasteiger partial charge on any atom is -0.497 e. The van der Waals surface area contributed by atoms with Crippen LogP contribution in [0.5, 0.6) is 5.75 Å². The Kier molecular flexibility index (Phi) is 7.09. The summed E-state index contributed by atoms with van der Waals surface area (Å²) in [6.45, 7) is 0.0435. The normalized spacial score (nSPS) is 15.6. The Balaban J connectivity index is 1.59. The summed E-state index contributed by atoms with van der Waals surface area (Å²) in [7, 11) is 1.55. The molecule has 1 atom stereocenters. The van der Waals surface area contributed by atoms with E-state index in [-0.39, 0.29) is 29.9 Å². The number of hydrogen-bond donors (Lipinski definition) is 1. The minimum atomic E-state index is -0.902. The van der Waals surface area contributed by atoms with Crippen molar-refractivity contribution in [1.82, 2.24) is 4.90 Å². The van der Waals surface area contributed by atoms with Crippen LogP contribution in [-0.4, -0.2) is 35.0 Å². The highest BCUT2D eigenvalue weighted by Gasteiger charge is 2.44. The first-order valence-electron chi connectivity index (χ1n) is 10.4. The van der Waals surface area contributed by atoms with E-state index in [2.05, 4.69) is 5.32 Å². The van der Waals surface area contributed by atoms with Crippen LogP contribution in [0.4, 0.5) is 15.8 Å². The highest BCUT2D eigenvalue weighted by Crippen LogP contribution is 2.30. The number of methoxy groups -OCH3 is 1. The molecule has 0 bridgehead atoms. The lowest BCUT2D eigenvalue weighted by molar-refractivity contribution is -0.124. The van der Waals surface area contributed by atoms with E-state index in [1.807, 2.05) is 0 Å². The summed E-state index contributed by atoms with van der Waals surface area (Å²) >= 11 is 11.6. The van der Waals surface area contributed by atoms with Gasteiger partial charge in [-0.15, -0.1) is 0 Å². The van der Waals surface area contributed by atoms with E-state index in [0.717, 1.165) is 0 Å². The van der Waals surface area contributed by atoms with Crippen molar-refractivity contribution in [3.8, 4) is 5.75 Å². The zero-order valence-electron chi connectivity index (χ0n) is 18.2. The molecule has 0 saturated carbocycles. The summed E-state index contributed by atoms with van der Waals surface area (Å²) in [6, 6.07) is 18.9. The van der Waals surface area contributed by atoms with Crippen molar-refractivity contribution < 1.29 is 18.7 Å². The van der Waals surface area contributed by atoms with Gasteiger partial charge in [0.1, 0.15) is 17.6 Å². The van der Waals surface area contributed by atoms with Crippen molar-refractivity contribution in [3.63, 3.8) is 0 Å². The van der Waals surface area contributed by atoms with Gasteiger partial charge in [0.2, 0.25) is 5.91 Å². The lowest BCUT2D eigenvalue weighted by Gasteiger charge is -2.24. The Morgan fingerprint density at radius 1 is 1.09 bits per heavy atom. The molecule has 1 aliphatic rings. The molecule has 0 aromatic heterocycles. The van der Waals surface area contributed by atoms with Crippen LogP contribution in [0.15, 0.2) is 72.8 Å². The molecule has 1 aliphatic heterocycles. The van der Waals surface area contributed by atoms with Crippen LogP contribution in [0, 0.1) is 5.82 Å². The molecular weight excluding hydrogens is 477 g/mol. The predicted octanol–water partition coefficient (Wildman–Crippen LogP) is 5.02. The van der Waals surface area contributed by atoms with Crippen LogP contribution in [0.3, 0.4) is 0 Å². The molecule has 4 rings (SSSR count). The molecule has 174 valence electrons. The summed E-state index contributed by atoms with van der Waals surface area (Å²) in [5.41, 5.74) is 1.46. The molecule has 1 heterocycles. The van der Waals surface area contributed by atoms with Crippen molar-refractivity contribution >= 4 is 52.1 Å². The predicted molar refractivity (Wildman–Crippen MR) is 134 cm³/mol. The molecule has 1 N–H and O–H groups in total. The lowest BCUT2D eigenvalue weighted by Crippen LogP contribution is -2.37. The van der Waals surface area contributed by atoms with Gasteiger partial charge in [-0.25, -0.2) is 4.39 Å². The van der Waals surface area contributed by atoms with Gasteiger partial charge < -0.3 is 15.0 Å². The Hall–Kier alpha value is -3.49. The second kappa shape index (κ2) is 10.2. The molecule has 1 fully saturated rings. The molecule has 0 aliphatic carbocycles. The van der Waals surface area contributed by atoms with Gasteiger partial charge in [-0.05, 0) is 66.8 Å². The van der Waals surface area contributed by atoms with Crippen LogP contribution in [0.2, 0.25) is 5.02 Å². The Morgan fingerprint density at radius 2 is 1.76 bits per heavy atom. The topological polar surface area (TPSA) is 61.9 Å². The van der Waals surface area contributed by atoms with E-state index in [0.29, 0.717) is 27.7 Å².